The van der Waals surface area contributed by atoms with Gasteiger partial charge in [0, 0.05) is 19.6 Å². The normalized spacial score (nSPS) is 14.8. The highest BCUT2D eigenvalue weighted by Gasteiger charge is 2.22. The zero-order valence-corrected chi connectivity index (χ0v) is 17.4. The van der Waals surface area contributed by atoms with Crippen LogP contribution in [0.15, 0.2) is 18.2 Å². The van der Waals surface area contributed by atoms with Crippen molar-refractivity contribution >= 4 is 40.4 Å². The van der Waals surface area contributed by atoms with Crippen LogP contribution in [0.2, 0.25) is 10.0 Å². The topological polar surface area (TPSA) is 36.4 Å². The van der Waals surface area contributed by atoms with Crippen LogP contribution in [0.5, 0.6) is 0 Å². The molecule has 7 heteroatoms. The second kappa shape index (κ2) is 8.70. The maximum atomic E-state index is 13.2. The molecule has 0 spiro atoms. The lowest BCUT2D eigenvalue weighted by Gasteiger charge is -2.25. The summed E-state index contributed by atoms with van der Waals surface area (Å²) < 4.78 is 0. The molecule has 140 valence electrons. The Labute approximate surface area is 168 Å². The molecule has 1 aliphatic heterocycles. The summed E-state index contributed by atoms with van der Waals surface area (Å²) in [6.07, 6.45) is 2.49. The Kier molecular flexibility index (Phi) is 6.56. The number of hydrogen-bond acceptors (Lipinski definition) is 4. The van der Waals surface area contributed by atoms with Crippen molar-refractivity contribution in [1.29, 1.82) is 0 Å². The first kappa shape index (κ1) is 19.6. The lowest BCUT2D eigenvalue weighted by molar-refractivity contribution is 0.0731. The van der Waals surface area contributed by atoms with Crippen LogP contribution in [-0.4, -0.2) is 46.9 Å². The second-order valence-corrected chi connectivity index (χ2v) is 8.69. The molecular weight excluding hydrogens is 389 g/mol. The minimum atomic E-state index is 0.0402. The minimum Gasteiger partial charge on any atom is -0.332 e. The van der Waals surface area contributed by atoms with Crippen LogP contribution in [0.25, 0.3) is 0 Å². The highest BCUT2D eigenvalue weighted by molar-refractivity contribution is 7.13. The summed E-state index contributed by atoms with van der Waals surface area (Å²) in [5, 5.41) is 1.96. The zero-order valence-electron chi connectivity index (χ0n) is 15.1. The van der Waals surface area contributed by atoms with Crippen molar-refractivity contribution in [2.24, 2.45) is 0 Å². The molecule has 26 heavy (non-hydrogen) atoms. The van der Waals surface area contributed by atoms with E-state index < -0.39 is 0 Å². The summed E-state index contributed by atoms with van der Waals surface area (Å²) in [7, 11) is 0. The summed E-state index contributed by atoms with van der Waals surface area (Å²) in [5.74, 6) is 0.0402. The molecule has 4 nitrogen and oxygen atoms in total. The molecule has 0 radical (unpaired) electrons. The van der Waals surface area contributed by atoms with E-state index in [9.17, 15) is 4.79 Å². The van der Waals surface area contributed by atoms with Crippen LogP contribution in [0.3, 0.4) is 0 Å². The SMILES string of the molecule is Cc1nc(C)c(C(=O)N(CCN2CCCC2)Cc2ccc(Cl)c(Cl)c2)s1. The number of carbonyl (C=O) groups is 1. The number of amides is 1. The molecule has 1 amide bonds. The van der Waals surface area contributed by atoms with Crippen molar-refractivity contribution in [3.63, 3.8) is 0 Å². The Hall–Kier alpha value is -1.14. The average molecular weight is 412 g/mol. The van der Waals surface area contributed by atoms with Crippen molar-refractivity contribution in [3.8, 4) is 0 Å². The third kappa shape index (κ3) is 4.77. The summed E-state index contributed by atoms with van der Waals surface area (Å²) in [6, 6.07) is 5.55. The molecule has 1 aromatic carbocycles. The van der Waals surface area contributed by atoms with Crippen molar-refractivity contribution < 1.29 is 4.79 Å². The van der Waals surface area contributed by atoms with E-state index in [0.29, 0.717) is 23.1 Å². The summed E-state index contributed by atoms with van der Waals surface area (Å²) in [6.45, 7) is 8.16. The van der Waals surface area contributed by atoms with Gasteiger partial charge in [0.1, 0.15) is 4.88 Å². The fourth-order valence-electron chi connectivity index (χ4n) is 3.25. The molecular formula is C19H23Cl2N3OS. The fraction of sp³-hybridized carbons (Fsp3) is 0.474. The lowest BCUT2D eigenvalue weighted by Crippen LogP contribution is -2.37. The predicted molar refractivity (Wildman–Crippen MR) is 108 cm³/mol. The molecule has 2 heterocycles. The molecule has 0 atom stereocenters. The van der Waals surface area contributed by atoms with Gasteiger partial charge in [-0.3, -0.25) is 4.79 Å². The molecule has 1 aromatic heterocycles. The third-order valence-corrected chi connectivity index (χ3v) is 6.43. The number of likely N-dealkylation sites (tertiary alicyclic amines) is 1. The monoisotopic (exact) mass is 411 g/mol. The Morgan fingerprint density at radius 2 is 1.96 bits per heavy atom. The number of hydrogen-bond donors (Lipinski definition) is 0. The Morgan fingerprint density at radius 1 is 1.23 bits per heavy atom. The van der Waals surface area contributed by atoms with Crippen LogP contribution in [0, 0.1) is 13.8 Å². The standard InChI is InChI=1S/C19H23Cl2N3OS/c1-13-18(26-14(2)22-13)19(25)24(10-9-23-7-3-4-8-23)12-15-5-6-16(20)17(21)11-15/h5-6,11H,3-4,7-10,12H2,1-2H3. The molecule has 0 bridgehead atoms. The van der Waals surface area contributed by atoms with Crippen LogP contribution in [-0.2, 0) is 6.54 Å². The Balaban J connectivity index is 1.78. The lowest BCUT2D eigenvalue weighted by atomic mass is 10.2. The first-order valence-corrected chi connectivity index (χ1v) is 10.4. The van der Waals surface area contributed by atoms with Gasteiger partial charge in [-0.1, -0.05) is 29.3 Å². The van der Waals surface area contributed by atoms with Crippen molar-refractivity contribution in [2.45, 2.75) is 33.2 Å². The van der Waals surface area contributed by atoms with E-state index in [2.05, 4.69) is 9.88 Å². The molecule has 1 fully saturated rings. The first-order chi connectivity index (χ1) is 12.4. The first-order valence-electron chi connectivity index (χ1n) is 8.83. The van der Waals surface area contributed by atoms with Gasteiger partial charge in [0.2, 0.25) is 0 Å². The van der Waals surface area contributed by atoms with Gasteiger partial charge in [0.15, 0.2) is 0 Å². The summed E-state index contributed by atoms with van der Waals surface area (Å²) in [4.78, 5) is 22.6. The Morgan fingerprint density at radius 3 is 2.58 bits per heavy atom. The number of benzene rings is 1. The molecule has 0 saturated carbocycles. The van der Waals surface area contributed by atoms with E-state index >= 15 is 0 Å². The van der Waals surface area contributed by atoms with Crippen molar-refractivity contribution in [1.82, 2.24) is 14.8 Å². The number of halogens is 2. The number of aromatic nitrogens is 1. The number of thiazole rings is 1. The van der Waals surface area contributed by atoms with Gasteiger partial charge in [-0.25, -0.2) is 4.98 Å². The van der Waals surface area contributed by atoms with E-state index in [1.54, 1.807) is 6.07 Å². The van der Waals surface area contributed by atoms with Gasteiger partial charge in [-0.2, -0.15) is 0 Å². The van der Waals surface area contributed by atoms with Gasteiger partial charge < -0.3 is 9.80 Å². The van der Waals surface area contributed by atoms with Gasteiger partial charge in [0.25, 0.3) is 5.91 Å². The van der Waals surface area contributed by atoms with E-state index in [-0.39, 0.29) is 5.91 Å². The molecule has 2 aromatic rings. The van der Waals surface area contributed by atoms with Crippen LogP contribution in [0.4, 0.5) is 0 Å². The highest BCUT2D eigenvalue weighted by Crippen LogP contribution is 2.25. The third-order valence-electron chi connectivity index (χ3n) is 4.63. The second-order valence-electron chi connectivity index (χ2n) is 6.67. The molecule has 3 rings (SSSR count). The van der Waals surface area contributed by atoms with E-state index in [0.717, 1.165) is 40.8 Å². The average Bonchev–Trinajstić information content (AvgIpc) is 3.23. The van der Waals surface area contributed by atoms with Crippen LogP contribution in [0.1, 0.15) is 38.8 Å². The van der Waals surface area contributed by atoms with E-state index in [4.69, 9.17) is 23.2 Å². The van der Waals surface area contributed by atoms with Gasteiger partial charge in [-0.05, 0) is 57.5 Å². The fourth-order valence-corrected chi connectivity index (χ4v) is 4.46. The predicted octanol–water partition coefficient (Wildman–Crippen LogP) is 4.80. The number of nitrogens with zero attached hydrogens (tertiary/aromatic N) is 3. The molecule has 0 unspecified atom stereocenters. The van der Waals surface area contributed by atoms with Crippen LogP contribution < -0.4 is 0 Å². The van der Waals surface area contributed by atoms with Crippen LogP contribution >= 0.6 is 34.5 Å². The van der Waals surface area contributed by atoms with Gasteiger partial charge in [-0.15, -0.1) is 11.3 Å². The van der Waals surface area contributed by atoms with E-state index in [1.807, 2.05) is 30.9 Å². The number of carbonyl (C=O) groups excluding carboxylic acids is 1. The summed E-state index contributed by atoms with van der Waals surface area (Å²) >= 11 is 13.6. The molecule has 0 N–H and O–H groups in total. The largest absolute Gasteiger partial charge is 0.332 e. The van der Waals surface area contributed by atoms with Crippen molar-refractivity contribution in [3.05, 3.63) is 49.4 Å². The minimum absolute atomic E-state index is 0.0402. The smallest absolute Gasteiger partial charge is 0.266 e. The highest BCUT2D eigenvalue weighted by atomic mass is 35.5. The molecule has 0 aliphatic carbocycles. The Bertz CT molecular complexity index is 787. The molecule has 1 saturated heterocycles. The quantitative estimate of drug-likeness (QED) is 0.684. The van der Waals surface area contributed by atoms with Crippen molar-refractivity contribution in [2.75, 3.05) is 26.2 Å². The number of aryl methyl sites for hydroxylation is 2. The maximum Gasteiger partial charge on any atom is 0.266 e. The van der Waals surface area contributed by atoms with Gasteiger partial charge in [0.05, 0.1) is 20.7 Å². The van der Waals surface area contributed by atoms with Gasteiger partial charge >= 0.3 is 0 Å². The molecule has 1 aliphatic rings. The zero-order chi connectivity index (χ0) is 18.7. The summed E-state index contributed by atoms with van der Waals surface area (Å²) in [5.41, 5.74) is 1.78. The maximum absolute atomic E-state index is 13.2. The number of rotatable bonds is 6. The van der Waals surface area contributed by atoms with E-state index in [1.165, 1.54) is 24.2 Å².